The highest BCUT2D eigenvalue weighted by Gasteiger charge is 2.08. The highest BCUT2D eigenvalue weighted by atomic mass is 16.1. The summed E-state index contributed by atoms with van der Waals surface area (Å²) in [4.78, 5) is 11.3. The number of para-hydroxylation sites is 1. The highest BCUT2D eigenvalue weighted by molar-refractivity contribution is 5.87. The van der Waals surface area contributed by atoms with Gasteiger partial charge in [-0.3, -0.25) is 4.79 Å². The van der Waals surface area contributed by atoms with Gasteiger partial charge in [0.25, 0.3) is 0 Å². The summed E-state index contributed by atoms with van der Waals surface area (Å²) in [6.07, 6.45) is 3.13. The predicted octanol–water partition coefficient (Wildman–Crippen LogP) is 0.855. The summed E-state index contributed by atoms with van der Waals surface area (Å²) in [5.74, 6) is 0.416. The average molecular weight is 243 g/mol. The van der Waals surface area contributed by atoms with Crippen molar-refractivity contribution in [2.24, 2.45) is 0 Å². The van der Waals surface area contributed by atoms with Gasteiger partial charge in [-0.2, -0.15) is 4.68 Å². The minimum Gasteiger partial charge on any atom is -0.345 e. The van der Waals surface area contributed by atoms with Crippen molar-refractivity contribution in [1.29, 1.82) is 0 Å². The fourth-order valence-corrected chi connectivity index (χ4v) is 1.46. The number of hydrogen-bond donors (Lipinski definition) is 1. The topological polar surface area (TPSA) is 72.7 Å². The molecule has 6 heteroatoms. The smallest absolute Gasteiger partial charge is 0.244 e. The van der Waals surface area contributed by atoms with Crippen molar-refractivity contribution < 1.29 is 4.79 Å². The van der Waals surface area contributed by atoms with E-state index in [9.17, 15) is 4.79 Å². The van der Waals surface area contributed by atoms with Crippen LogP contribution in [0.2, 0.25) is 0 Å². The third kappa shape index (κ3) is 2.79. The second-order valence-corrected chi connectivity index (χ2v) is 3.56. The van der Waals surface area contributed by atoms with Gasteiger partial charge in [-0.25, -0.2) is 0 Å². The number of amides is 1. The molecular formula is C12H13N5O. The van der Waals surface area contributed by atoms with Crippen LogP contribution in [0.25, 0.3) is 5.69 Å². The van der Waals surface area contributed by atoms with Gasteiger partial charge in [-0.05, 0) is 35.6 Å². The number of nitrogens with one attached hydrogen (secondary N) is 1. The van der Waals surface area contributed by atoms with E-state index in [-0.39, 0.29) is 12.5 Å². The Morgan fingerprint density at radius 1 is 1.39 bits per heavy atom. The molecule has 2 rings (SSSR count). The Labute approximate surface area is 104 Å². The van der Waals surface area contributed by atoms with Crippen LogP contribution >= 0.6 is 0 Å². The second-order valence-electron chi connectivity index (χ2n) is 3.56. The molecular weight excluding hydrogens is 230 g/mol. The molecule has 0 aliphatic rings. The van der Waals surface area contributed by atoms with Crippen molar-refractivity contribution in [2.45, 2.75) is 13.5 Å². The van der Waals surface area contributed by atoms with Gasteiger partial charge in [0.05, 0.1) is 12.2 Å². The first kappa shape index (κ1) is 12.0. The molecule has 0 aliphatic carbocycles. The number of aromatic nitrogens is 4. The van der Waals surface area contributed by atoms with Gasteiger partial charge < -0.3 is 5.32 Å². The first-order valence-electron chi connectivity index (χ1n) is 5.54. The highest BCUT2D eigenvalue weighted by Crippen LogP contribution is 2.06. The van der Waals surface area contributed by atoms with E-state index in [1.165, 1.54) is 6.08 Å². The molecule has 0 spiro atoms. The number of carbonyl (C=O) groups is 1. The Balaban J connectivity index is 2.12. The molecule has 0 saturated carbocycles. The Hall–Kier alpha value is -2.50. The summed E-state index contributed by atoms with van der Waals surface area (Å²) in [6.45, 7) is 2.07. The molecule has 1 heterocycles. The minimum atomic E-state index is -0.167. The number of rotatable bonds is 4. The zero-order valence-electron chi connectivity index (χ0n) is 9.95. The lowest BCUT2D eigenvalue weighted by Gasteiger charge is -2.04. The van der Waals surface area contributed by atoms with Gasteiger partial charge in [0.1, 0.15) is 0 Å². The first-order chi connectivity index (χ1) is 8.81. The summed E-state index contributed by atoms with van der Waals surface area (Å²) in [7, 11) is 0. The van der Waals surface area contributed by atoms with Gasteiger partial charge in [-0.1, -0.05) is 24.3 Å². The van der Waals surface area contributed by atoms with Gasteiger partial charge in [-0.15, -0.1) is 5.10 Å². The van der Waals surface area contributed by atoms with E-state index in [2.05, 4.69) is 20.8 Å². The van der Waals surface area contributed by atoms with Crippen molar-refractivity contribution in [2.75, 3.05) is 0 Å². The number of carbonyl (C=O) groups excluding carboxylic acids is 1. The SMILES string of the molecule is C/C=C\C(=O)NCc1nnnn1-c1ccccc1. The van der Waals surface area contributed by atoms with Crippen LogP contribution in [0.5, 0.6) is 0 Å². The van der Waals surface area contributed by atoms with E-state index in [0.29, 0.717) is 5.82 Å². The summed E-state index contributed by atoms with van der Waals surface area (Å²) >= 11 is 0. The molecule has 0 unspecified atom stereocenters. The predicted molar refractivity (Wildman–Crippen MR) is 65.8 cm³/mol. The molecule has 0 radical (unpaired) electrons. The molecule has 1 aromatic carbocycles. The fraction of sp³-hybridized carbons (Fsp3) is 0.167. The normalized spacial score (nSPS) is 10.7. The average Bonchev–Trinajstić information content (AvgIpc) is 2.86. The van der Waals surface area contributed by atoms with E-state index in [4.69, 9.17) is 0 Å². The van der Waals surface area contributed by atoms with Crippen LogP contribution < -0.4 is 5.32 Å². The summed E-state index contributed by atoms with van der Waals surface area (Å²) in [5.41, 5.74) is 0.859. The quantitative estimate of drug-likeness (QED) is 0.808. The number of benzene rings is 1. The summed E-state index contributed by atoms with van der Waals surface area (Å²) < 4.78 is 1.59. The fourth-order valence-electron chi connectivity index (χ4n) is 1.46. The minimum absolute atomic E-state index is 0.167. The van der Waals surface area contributed by atoms with Crippen molar-refractivity contribution in [3.63, 3.8) is 0 Å². The maximum atomic E-state index is 11.3. The molecule has 1 N–H and O–H groups in total. The molecule has 0 fully saturated rings. The van der Waals surface area contributed by atoms with Gasteiger partial charge in [0.15, 0.2) is 5.82 Å². The maximum absolute atomic E-state index is 11.3. The Morgan fingerprint density at radius 3 is 2.89 bits per heavy atom. The van der Waals surface area contributed by atoms with E-state index in [1.54, 1.807) is 17.7 Å². The molecule has 18 heavy (non-hydrogen) atoms. The third-order valence-electron chi connectivity index (χ3n) is 2.27. The summed E-state index contributed by atoms with van der Waals surface area (Å²) in [6, 6.07) is 9.51. The van der Waals surface area contributed by atoms with E-state index in [0.717, 1.165) is 5.69 Å². The third-order valence-corrected chi connectivity index (χ3v) is 2.27. The lowest BCUT2D eigenvalue weighted by Crippen LogP contribution is -2.22. The standard InChI is InChI=1S/C12H13N5O/c1-2-6-12(18)13-9-11-14-15-16-17(11)10-7-4-3-5-8-10/h2-8H,9H2,1H3,(H,13,18)/b6-2-. The molecule has 0 aliphatic heterocycles. The molecule has 1 amide bonds. The van der Waals surface area contributed by atoms with Crippen LogP contribution in [0.1, 0.15) is 12.7 Å². The van der Waals surface area contributed by atoms with E-state index >= 15 is 0 Å². The summed E-state index contributed by atoms with van der Waals surface area (Å²) in [5, 5.41) is 14.1. The zero-order chi connectivity index (χ0) is 12.8. The number of hydrogen-bond acceptors (Lipinski definition) is 4. The number of allylic oxidation sites excluding steroid dienone is 1. The molecule has 2 aromatic rings. The Bertz CT molecular complexity index is 547. The van der Waals surface area contributed by atoms with Crippen molar-refractivity contribution in [3.8, 4) is 5.69 Å². The number of nitrogens with zero attached hydrogens (tertiary/aromatic N) is 4. The van der Waals surface area contributed by atoms with Crippen molar-refractivity contribution >= 4 is 5.91 Å². The second kappa shape index (κ2) is 5.72. The molecule has 0 saturated heterocycles. The molecule has 6 nitrogen and oxygen atoms in total. The van der Waals surface area contributed by atoms with Gasteiger partial charge >= 0.3 is 0 Å². The zero-order valence-corrected chi connectivity index (χ0v) is 9.95. The van der Waals surface area contributed by atoms with Crippen molar-refractivity contribution in [1.82, 2.24) is 25.5 Å². The van der Waals surface area contributed by atoms with Crippen molar-refractivity contribution in [3.05, 3.63) is 48.3 Å². The van der Waals surface area contributed by atoms with E-state index < -0.39 is 0 Å². The number of tetrazole rings is 1. The maximum Gasteiger partial charge on any atom is 0.244 e. The van der Waals surface area contributed by atoms with E-state index in [1.807, 2.05) is 30.3 Å². The van der Waals surface area contributed by atoms with Crippen LogP contribution in [0, 0.1) is 0 Å². The first-order valence-corrected chi connectivity index (χ1v) is 5.54. The Morgan fingerprint density at radius 2 is 2.17 bits per heavy atom. The lowest BCUT2D eigenvalue weighted by atomic mass is 10.3. The largest absolute Gasteiger partial charge is 0.345 e. The molecule has 1 aromatic heterocycles. The van der Waals surface area contributed by atoms with Crippen LogP contribution in [0.3, 0.4) is 0 Å². The van der Waals surface area contributed by atoms with Gasteiger partial charge in [0, 0.05) is 0 Å². The van der Waals surface area contributed by atoms with Crippen LogP contribution in [-0.2, 0) is 11.3 Å². The van der Waals surface area contributed by atoms with Crippen LogP contribution in [-0.4, -0.2) is 26.1 Å². The van der Waals surface area contributed by atoms with Crippen LogP contribution in [0.15, 0.2) is 42.5 Å². The Kier molecular flexibility index (Phi) is 3.80. The van der Waals surface area contributed by atoms with Gasteiger partial charge in [0.2, 0.25) is 5.91 Å². The molecule has 0 bridgehead atoms. The molecule has 92 valence electrons. The lowest BCUT2D eigenvalue weighted by molar-refractivity contribution is -0.116. The molecule has 0 atom stereocenters. The van der Waals surface area contributed by atoms with Crippen LogP contribution in [0.4, 0.5) is 0 Å². The monoisotopic (exact) mass is 243 g/mol.